The summed E-state index contributed by atoms with van der Waals surface area (Å²) in [6.07, 6.45) is 3.30. The zero-order chi connectivity index (χ0) is 15.3. The number of nitrogens with one attached hydrogen (secondary N) is 2. The molecule has 6 nitrogen and oxygen atoms in total. The Balaban J connectivity index is 2.76. The number of rotatable bonds is 7. The standard InChI is InChI=1S/C14H27N3O3/c1-4-9(5-2)6-11(16-8(3)18)13-10(15)7-12(17-13)14(19)20/h9-13,17H,4-7,15H2,1-3H3,(H,16,18)(H,19,20)/t10-,11+,12-,13+/m1/s1. The molecule has 20 heavy (non-hydrogen) atoms. The lowest BCUT2D eigenvalue weighted by molar-refractivity contribution is -0.139. The van der Waals surface area contributed by atoms with Gasteiger partial charge in [-0.2, -0.15) is 0 Å². The van der Waals surface area contributed by atoms with Gasteiger partial charge in [0.1, 0.15) is 6.04 Å². The monoisotopic (exact) mass is 285 g/mol. The van der Waals surface area contributed by atoms with E-state index in [1.54, 1.807) is 0 Å². The molecule has 5 N–H and O–H groups in total. The minimum absolute atomic E-state index is 0.103. The third-order valence-electron chi connectivity index (χ3n) is 4.22. The van der Waals surface area contributed by atoms with Gasteiger partial charge in [-0.05, 0) is 18.8 Å². The van der Waals surface area contributed by atoms with Crippen LogP contribution in [0.4, 0.5) is 0 Å². The van der Waals surface area contributed by atoms with Gasteiger partial charge in [-0.1, -0.05) is 26.7 Å². The van der Waals surface area contributed by atoms with Crippen LogP contribution < -0.4 is 16.4 Å². The predicted octanol–water partition coefficient (Wildman–Crippen LogP) is 0.460. The van der Waals surface area contributed by atoms with Crippen LogP contribution in [0.1, 0.15) is 46.5 Å². The van der Waals surface area contributed by atoms with Gasteiger partial charge in [0, 0.05) is 25.0 Å². The van der Waals surface area contributed by atoms with Gasteiger partial charge in [-0.3, -0.25) is 14.9 Å². The van der Waals surface area contributed by atoms with Crippen LogP contribution in [-0.2, 0) is 9.59 Å². The van der Waals surface area contributed by atoms with Crippen molar-refractivity contribution >= 4 is 11.9 Å². The van der Waals surface area contributed by atoms with Crippen LogP contribution >= 0.6 is 0 Å². The van der Waals surface area contributed by atoms with Crippen molar-refractivity contribution in [3.05, 3.63) is 0 Å². The van der Waals surface area contributed by atoms with E-state index < -0.39 is 12.0 Å². The van der Waals surface area contributed by atoms with Crippen molar-refractivity contribution in [1.29, 1.82) is 0 Å². The van der Waals surface area contributed by atoms with E-state index in [0.717, 1.165) is 19.3 Å². The van der Waals surface area contributed by atoms with Crippen molar-refractivity contribution in [2.45, 2.75) is 70.6 Å². The summed E-state index contributed by atoms with van der Waals surface area (Å²) in [4.78, 5) is 22.5. The first kappa shape index (κ1) is 16.9. The van der Waals surface area contributed by atoms with E-state index in [0.29, 0.717) is 12.3 Å². The number of aliphatic carboxylic acids is 1. The van der Waals surface area contributed by atoms with E-state index in [1.807, 2.05) is 0 Å². The van der Waals surface area contributed by atoms with E-state index >= 15 is 0 Å². The highest BCUT2D eigenvalue weighted by molar-refractivity contribution is 5.75. The van der Waals surface area contributed by atoms with Gasteiger partial charge in [0.05, 0.1) is 0 Å². The molecule has 0 aliphatic carbocycles. The Labute approximate surface area is 120 Å². The Morgan fingerprint density at radius 1 is 1.40 bits per heavy atom. The Kier molecular flexibility index (Phi) is 6.42. The third kappa shape index (κ3) is 4.45. The average molecular weight is 285 g/mol. The third-order valence-corrected chi connectivity index (χ3v) is 4.22. The topological polar surface area (TPSA) is 104 Å². The zero-order valence-corrected chi connectivity index (χ0v) is 12.6. The predicted molar refractivity (Wildman–Crippen MR) is 77.2 cm³/mol. The minimum atomic E-state index is -0.882. The molecular weight excluding hydrogens is 258 g/mol. The van der Waals surface area contributed by atoms with E-state index in [1.165, 1.54) is 6.92 Å². The molecule has 0 unspecified atom stereocenters. The molecule has 1 fully saturated rings. The van der Waals surface area contributed by atoms with E-state index in [4.69, 9.17) is 10.8 Å². The van der Waals surface area contributed by atoms with E-state index in [9.17, 15) is 9.59 Å². The maximum atomic E-state index is 11.4. The maximum Gasteiger partial charge on any atom is 0.320 e. The fourth-order valence-electron chi connectivity index (χ4n) is 2.97. The second-order valence-electron chi connectivity index (χ2n) is 5.71. The highest BCUT2D eigenvalue weighted by Gasteiger charge is 2.40. The van der Waals surface area contributed by atoms with Crippen molar-refractivity contribution in [1.82, 2.24) is 10.6 Å². The molecule has 4 atom stereocenters. The summed E-state index contributed by atoms with van der Waals surface area (Å²) in [5.41, 5.74) is 6.07. The summed E-state index contributed by atoms with van der Waals surface area (Å²) in [5.74, 6) is -0.481. The van der Waals surface area contributed by atoms with Crippen molar-refractivity contribution < 1.29 is 14.7 Å². The van der Waals surface area contributed by atoms with Crippen LogP contribution in [0.2, 0.25) is 0 Å². The molecule has 1 saturated heterocycles. The summed E-state index contributed by atoms with van der Waals surface area (Å²) >= 11 is 0. The summed E-state index contributed by atoms with van der Waals surface area (Å²) in [6.45, 7) is 5.73. The number of carbonyl (C=O) groups is 2. The Morgan fingerprint density at radius 2 is 2.00 bits per heavy atom. The lowest BCUT2D eigenvalue weighted by Crippen LogP contribution is -2.55. The number of hydrogen-bond donors (Lipinski definition) is 4. The summed E-state index contributed by atoms with van der Waals surface area (Å²) < 4.78 is 0. The normalized spacial score (nSPS) is 27.6. The van der Waals surface area contributed by atoms with Gasteiger partial charge in [0.25, 0.3) is 0 Å². The van der Waals surface area contributed by atoms with Crippen molar-refractivity contribution in [3.8, 4) is 0 Å². The molecular formula is C14H27N3O3. The molecule has 0 aromatic rings. The molecule has 0 bridgehead atoms. The first-order chi connectivity index (χ1) is 9.38. The smallest absolute Gasteiger partial charge is 0.320 e. The molecule has 0 radical (unpaired) electrons. The molecule has 1 rings (SSSR count). The second kappa shape index (κ2) is 7.59. The fraction of sp³-hybridized carbons (Fsp3) is 0.857. The number of nitrogens with two attached hydrogens (primary N) is 1. The molecule has 1 amide bonds. The highest BCUT2D eigenvalue weighted by atomic mass is 16.4. The van der Waals surface area contributed by atoms with E-state index in [2.05, 4.69) is 24.5 Å². The van der Waals surface area contributed by atoms with Crippen LogP contribution in [-0.4, -0.2) is 41.2 Å². The maximum absolute atomic E-state index is 11.4. The summed E-state index contributed by atoms with van der Waals surface area (Å²) in [5, 5.41) is 15.1. The van der Waals surface area contributed by atoms with Crippen LogP contribution in [0.5, 0.6) is 0 Å². The lowest BCUT2D eigenvalue weighted by Gasteiger charge is -2.30. The SMILES string of the molecule is CCC(CC)C[C@H](NC(C)=O)[C@H]1N[C@@H](C(=O)O)C[C@H]1N. The highest BCUT2D eigenvalue weighted by Crippen LogP contribution is 2.22. The molecule has 0 aromatic heterocycles. The Bertz CT molecular complexity index is 345. The second-order valence-corrected chi connectivity index (χ2v) is 5.71. The molecule has 0 saturated carbocycles. The van der Waals surface area contributed by atoms with Crippen LogP contribution in [0, 0.1) is 5.92 Å². The molecule has 0 spiro atoms. The van der Waals surface area contributed by atoms with Gasteiger partial charge < -0.3 is 16.2 Å². The fourth-order valence-corrected chi connectivity index (χ4v) is 2.97. The zero-order valence-electron chi connectivity index (χ0n) is 12.6. The number of carboxylic acids is 1. The van der Waals surface area contributed by atoms with Gasteiger partial charge in [0.15, 0.2) is 0 Å². The minimum Gasteiger partial charge on any atom is -0.480 e. The van der Waals surface area contributed by atoms with Crippen molar-refractivity contribution in [2.75, 3.05) is 0 Å². The van der Waals surface area contributed by atoms with Crippen molar-refractivity contribution in [3.63, 3.8) is 0 Å². The van der Waals surface area contributed by atoms with Gasteiger partial charge in [-0.25, -0.2) is 0 Å². The Hall–Kier alpha value is -1.14. The van der Waals surface area contributed by atoms with E-state index in [-0.39, 0.29) is 24.0 Å². The molecule has 1 aliphatic heterocycles. The first-order valence-electron chi connectivity index (χ1n) is 7.40. The lowest BCUT2D eigenvalue weighted by atomic mass is 9.89. The van der Waals surface area contributed by atoms with Gasteiger partial charge in [-0.15, -0.1) is 0 Å². The van der Waals surface area contributed by atoms with Crippen molar-refractivity contribution in [2.24, 2.45) is 11.7 Å². The number of carbonyl (C=O) groups excluding carboxylic acids is 1. The quantitative estimate of drug-likeness (QED) is 0.544. The number of hydrogen-bond acceptors (Lipinski definition) is 4. The number of amides is 1. The van der Waals surface area contributed by atoms with Gasteiger partial charge in [0.2, 0.25) is 5.91 Å². The molecule has 0 aromatic carbocycles. The molecule has 116 valence electrons. The Morgan fingerprint density at radius 3 is 2.40 bits per heavy atom. The van der Waals surface area contributed by atoms with Gasteiger partial charge >= 0.3 is 5.97 Å². The first-order valence-corrected chi connectivity index (χ1v) is 7.40. The average Bonchev–Trinajstić information content (AvgIpc) is 2.76. The summed E-state index contributed by atoms with van der Waals surface area (Å²) in [6, 6.07) is -1.16. The largest absolute Gasteiger partial charge is 0.480 e. The molecule has 6 heteroatoms. The van der Waals surface area contributed by atoms with Crippen LogP contribution in [0.15, 0.2) is 0 Å². The molecule has 1 heterocycles. The molecule has 1 aliphatic rings. The van der Waals surface area contributed by atoms with Crippen LogP contribution in [0.3, 0.4) is 0 Å². The number of carboxylic acid groups (broad SMARTS) is 1. The summed E-state index contributed by atoms with van der Waals surface area (Å²) in [7, 11) is 0. The van der Waals surface area contributed by atoms with Crippen LogP contribution in [0.25, 0.3) is 0 Å².